The quantitative estimate of drug-likeness (QED) is 0.430. The first kappa shape index (κ1) is 19.8. The average Bonchev–Trinajstić information content (AvgIpc) is 2.79. The van der Waals surface area contributed by atoms with Crippen LogP contribution in [0.2, 0.25) is 0 Å². The van der Waals surface area contributed by atoms with E-state index >= 15 is 0 Å². The number of aromatic nitrogens is 3. The molecule has 2 N–H and O–H groups in total. The van der Waals surface area contributed by atoms with E-state index in [1.165, 1.54) is 31.4 Å². The Bertz CT molecular complexity index is 988. The molecule has 1 aromatic carbocycles. The van der Waals surface area contributed by atoms with Gasteiger partial charge in [0.2, 0.25) is 5.95 Å². The van der Waals surface area contributed by atoms with Gasteiger partial charge in [-0.05, 0) is 30.5 Å². The maximum absolute atomic E-state index is 10.8. The summed E-state index contributed by atoms with van der Waals surface area (Å²) in [4.78, 5) is 24.0. The zero-order valence-corrected chi connectivity index (χ0v) is 16.6. The lowest BCUT2D eigenvalue weighted by Crippen LogP contribution is -2.23. The van der Waals surface area contributed by atoms with Crippen molar-refractivity contribution < 1.29 is 4.92 Å². The van der Waals surface area contributed by atoms with Crippen molar-refractivity contribution in [2.24, 2.45) is 0 Å². The molecule has 30 heavy (non-hydrogen) atoms. The Labute approximate surface area is 175 Å². The molecule has 0 aliphatic heterocycles. The number of benzene rings is 1. The van der Waals surface area contributed by atoms with Gasteiger partial charge in [0.15, 0.2) is 0 Å². The summed E-state index contributed by atoms with van der Waals surface area (Å²) in [5.41, 5.74) is 2.73. The zero-order chi connectivity index (χ0) is 20.8. The lowest BCUT2D eigenvalue weighted by Gasteiger charge is -2.23. The molecule has 0 bridgehead atoms. The lowest BCUT2D eigenvalue weighted by atomic mass is 9.96. The Morgan fingerprint density at radius 3 is 2.57 bits per heavy atom. The number of hydrogen-bond acceptors (Lipinski definition) is 7. The second-order valence-electron chi connectivity index (χ2n) is 7.46. The minimum Gasteiger partial charge on any atom is -0.366 e. The van der Waals surface area contributed by atoms with E-state index in [-0.39, 0.29) is 5.69 Å². The van der Waals surface area contributed by atoms with Crippen molar-refractivity contribution in [2.45, 2.75) is 44.7 Å². The minimum atomic E-state index is -0.398. The summed E-state index contributed by atoms with van der Waals surface area (Å²) in [5, 5.41) is 17.6. The number of hydrogen-bond donors (Lipinski definition) is 2. The zero-order valence-electron chi connectivity index (χ0n) is 16.6. The van der Waals surface area contributed by atoms with Crippen molar-refractivity contribution in [2.75, 3.05) is 10.6 Å². The molecule has 0 atom stereocenters. The van der Waals surface area contributed by atoms with Crippen LogP contribution in [-0.4, -0.2) is 25.9 Å². The summed E-state index contributed by atoms with van der Waals surface area (Å²) in [7, 11) is 0. The molecular formula is C22H24N6O2. The van der Waals surface area contributed by atoms with Gasteiger partial charge in [0.1, 0.15) is 5.82 Å². The summed E-state index contributed by atoms with van der Waals surface area (Å²) >= 11 is 0. The van der Waals surface area contributed by atoms with E-state index in [0.717, 1.165) is 29.7 Å². The summed E-state index contributed by atoms with van der Waals surface area (Å²) in [5.74, 6) is 1.30. The van der Waals surface area contributed by atoms with Crippen LogP contribution in [0.4, 0.5) is 17.5 Å². The molecule has 4 rings (SSSR count). The number of non-ortho nitro benzene ring substituents is 1. The van der Waals surface area contributed by atoms with Crippen LogP contribution in [0.25, 0.3) is 11.3 Å². The predicted molar refractivity (Wildman–Crippen MR) is 116 cm³/mol. The Hall–Kier alpha value is -3.55. The average molecular weight is 404 g/mol. The molecule has 2 aromatic heterocycles. The second kappa shape index (κ2) is 9.30. The number of nitro groups is 1. The highest BCUT2D eigenvalue weighted by atomic mass is 16.6. The first-order chi connectivity index (χ1) is 14.7. The fourth-order valence-electron chi connectivity index (χ4n) is 3.62. The van der Waals surface area contributed by atoms with E-state index in [4.69, 9.17) is 4.98 Å². The van der Waals surface area contributed by atoms with Crippen molar-refractivity contribution in [3.63, 3.8) is 0 Å². The van der Waals surface area contributed by atoms with Gasteiger partial charge in [-0.2, -0.15) is 4.98 Å². The summed E-state index contributed by atoms with van der Waals surface area (Å²) in [6.07, 6.45) is 9.53. The molecule has 8 nitrogen and oxygen atoms in total. The highest BCUT2D eigenvalue weighted by Crippen LogP contribution is 2.24. The molecule has 3 aromatic rings. The van der Waals surface area contributed by atoms with Gasteiger partial charge >= 0.3 is 0 Å². The van der Waals surface area contributed by atoms with Gasteiger partial charge in [-0.25, -0.2) is 4.98 Å². The van der Waals surface area contributed by atoms with E-state index in [2.05, 4.69) is 20.6 Å². The Balaban J connectivity index is 1.54. The molecule has 0 radical (unpaired) electrons. The van der Waals surface area contributed by atoms with Crippen molar-refractivity contribution in [3.05, 3.63) is 70.5 Å². The number of nitrogens with zero attached hydrogens (tertiary/aromatic N) is 4. The van der Waals surface area contributed by atoms with Crippen LogP contribution in [0.3, 0.4) is 0 Å². The lowest BCUT2D eigenvalue weighted by molar-refractivity contribution is -0.384. The molecule has 1 aliphatic rings. The van der Waals surface area contributed by atoms with Gasteiger partial charge in [0, 0.05) is 48.7 Å². The van der Waals surface area contributed by atoms with Crippen LogP contribution in [-0.2, 0) is 6.54 Å². The number of nitro benzene ring substituents is 1. The highest BCUT2D eigenvalue weighted by molar-refractivity contribution is 5.63. The second-order valence-corrected chi connectivity index (χ2v) is 7.46. The van der Waals surface area contributed by atoms with E-state index in [1.807, 2.05) is 18.2 Å². The molecule has 0 spiro atoms. The van der Waals surface area contributed by atoms with E-state index in [0.29, 0.717) is 24.4 Å². The fraction of sp³-hybridized carbons (Fsp3) is 0.318. The number of rotatable bonds is 7. The Kier molecular flexibility index (Phi) is 6.12. The van der Waals surface area contributed by atoms with Gasteiger partial charge < -0.3 is 10.6 Å². The van der Waals surface area contributed by atoms with Crippen LogP contribution in [0.15, 0.2) is 54.9 Å². The summed E-state index contributed by atoms with van der Waals surface area (Å²) in [6.45, 7) is 0.504. The van der Waals surface area contributed by atoms with E-state index < -0.39 is 4.92 Å². The monoisotopic (exact) mass is 404 g/mol. The van der Waals surface area contributed by atoms with Crippen molar-refractivity contribution in [3.8, 4) is 11.3 Å². The fourth-order valence-corrected chi connectivity index (χ4v) is 3.62. The third-order valence-corrected chi connectivity index (χ3v) is 5.24. The highest BCUT2D eigenvalue weighted by Gasteiger charge is 2.15. The van der Waals surface area contributed by atoms with Crippen molar-refractivity contribution >= 4 is 17.5 Å². The predicted octanol–water partition coefficient (Wildman–Crippen LogP) is 4.80. The third kappa shape index (κ3) is 5.08. The molecule has 1 fully saturated rings. The first-order valence-electron chi connectivity index (χ1n) is 10.2. The third-order valence-electron chi connectivity index (χ3n) is 5.24. The number of pyridine rings is 1. The van der Waals surface area contributed by atoms with Gasteiger partial charge in [-0.3, -0.25) is 15.1 Å². The van der Waals surface area contributed by atoms with Gasteiger partial charge in [-0.15, -0.1) is 0 Å². The van der Waals surface area contributed by atoms with Crippen LogP contribution < -0.4 is 10.6 Å². The van der Waals surface area contributed by atoms with Crippen LogP contribution >= 0.6 is 0 Å². The topological polar surface area (TPSA) is 106 Å². The number of anilines is 2. The molecule has 0 unspecified atom stereocenters. The summed E-state index contributed by atoms with van der Waals surface area (Å²) in [6, 6.07) is 12.7. The molecule has 8 heteroatoms. The van der Waals surface area contributed by atoms with Gasteiger partial charge in [0.05, 0.1) is 10.6 Å². The standard InChI is InChI=1S/C22H24N6O2/c29-28(30)19-10-8-16(9-11-19)14-24-21-13-20(17-5-4-12-23-15-17)26-22(27-21)25-18-6-2-1-3-7-18/h4-5,8-13,15,18H,1-3,6-7,14H2,(H2,24,25,26,27). The summed E-state index contributed by atoms with van der Waals surface area (Å²) < 4.78 is 0. The largest absolute Gasteiger partial charge is 0.366 e. The maximum atomic E-state index is 10.8. The van der Waals surface area contributed by atoms with Crippen LogP contribution in [0.1, 0.15) is 37.7 Å². The maximum Gasteiger partial charge on any atom is 0.269 e. The molecular weight excluding hydrogens is 380 g/mol. The minimum absolute atomic E-state index is 0.0821. The van der Waals surface area contributed by atoms with E-state index in [9.17, 15) is 10.1 Å². The van der Waals surface area contributed by atoms with Gasteiger partial charge in [-0.1, -0.05) is 31.4 Å². The van der Waals surface area contributed by atoms with E-state index in [1.54, 1.807) is 24.5 Å². The number of nitrogens with one attached hydrogen (secondary N) is 2. The normalized spacial score (nSPS) is 14.3. The smallest absolute Gasteiger partial charge is 0.269 e. The van der Waals surface area contributed by atoms with Crippen LogP contribution in [0, 0.1) is 10.1 Å². The van der Waals surface area contributed by atoms with Crippen molar-refractivity contribution in [1.29, 1.82) is 0 Å². The first-order valence-corrected chi connectivity index (χ1v) is 10.2. The van der Waals surface area contributed by atoms with Gasteiger partial charge in [0.25, 0.3) is 5.69 Å². The molecule has 0 saturated heterocycles. The van der Waals surface area contributed by atoms with Crippen LogP contribution in [0.5, 0.6) is 0 Å². The van der Waals surface area contributed by atoms with Crippen molar-refractivity contribution in [1.82, 2.24) is 15.0 Å². The molecule has 2 heterocycles. The molecule has 154 valence electrons. The molecule has 0 amide bonds. The Morgan fingerprint density at radius 2 is 1.87 bits per heavy atom. The Morgan fingerprint density at radius 1 is 1.07 bits per heavy atom. The molecule has 1 aliphatic carbocycles. The molecule has 1 saturated carbocycles. The SMILES string of the molecule is O=[N+]([O-])c1ccc(CNc2cc(-c3cccnc3)nc(NC3CCCCC3)n2)cc1.